The SMILES string of the molecule is N[C@H](CN(CCF)S(=O)(=O)c1ccccc1[N+](=O)[O-])c1cccc(Br)c1F. The lowest BCUT2D eigenvalue weighted by molar-refractivity contribution is -0.387. The van der Waals surface area contributed by atoms with E-state index in [0.717, 1.165) is 12.1 Å². The monoisotopic (exact) mass is 463 g/mol. The maximum absolute atomic E-state index is 14.2. The molecule has 0 spiro atoms. The molecule has 0 saturated heterocycles. The van der Waals surface area contributed by atoms with E-state index in [-0.39, 0.29) is 10.0 Å². The fourth-order valence-corrected chi connectivity index (χ4v) is 4.48. The summed E-state index contributed by atoms with van der Waals surface area (Å²) in [6.07, 6.45) is 0. The molecule has 2 N–H and O–H groups in total. The van der Waals surface area contributed by atoms with Gasteiger partial charge >= 0.3 is 0 Å². The number of alkyl halides is 1. The summed E-state index contributed by atoms with van der Waals surface area (Å²) in [6.45, 7) is -2.06. The van der Waals surface area contributed by atoms with E-state index in [1.807, 2.05) is 0 Å². The van der Waals surface area contributed by atoms with Crippen molar-refractivity contribution in [2.75, 3.05) is 19.8 Å². The first-order chi connectivity index (χ1) is 12.7. The molecule has 2 aromatic rings. The highest BCUT2D eigenvalue weighted by molar-refractivity contribution is 9.10. The molecule has 0 radical (unpaired) electrons. The van der Waals surface area contributed by atoms with Gasteiger partial charge in [-0.2, -0.15) is 4.31 Å². The number of benzene rings is 2. The lowest BCUT2D eigenvalue weighted by Gasteiger charge is -2.24. The van der Waals surface area contributed by atoms with E-state index >= 15 is 0 Å². The molecule has 0 aliphatic heterocycles. The Morgan fingerprint density at radius 1 is 1.22 bits per heavy atom. The van der Waals surface area contributed by atoms with Crippen molar-refractivity contribution in [1.82, 2.24) is 4.31 Å². The predicted octanol–water partition coefficient (Wildman–Crippen LogP) is 3.16. The Morgan fingerprint density at radius 2 is 1.89 bits per heavy atom. The molecule has 0 unspecified atom stereocenters. The van der Waals surface area contributed by atoms with E-state index in [2.05, 4.69) is 15.9 Å². The van der Waals surface area contributed by atoms with Crippen LogP contribution in [-0.4, -0.2) is 37.4 Å². The van der Waals surface area contributed by atoms with Gasteiger partial charge in [0.25, 0.3) is 5.69 Å². The number of sulfonamides is 1. The summed E-state index contributed by atoms with van der Waals surface area (Å²) < 4.78 is 53.8. The average molecular weight is 464 g/mol. The minimum absolute atomic E-state index is 0.0333. The van der Waals surface area contributed by atoms with Crippen molar-refractivity contribution in [3.8, 4) is 0 Å². The standard InChI is InChI=1S/C16H16BrF2N3O4S/c17-12-5-3-4-11(16(12)19)13(20)10-21(9-8-18)27(25,26)15-7-2-1-6-14(15)22(23)24/h1-7,13H,8-10,20H2/t13-/m1/s1. The summed E-state index contributed by atoms with van der Waals surface area (Å²) >= 11 is 3.02. The van der Waals surface area contributed by atoms with E-state index in [4.69, 9.17) is 5.73 Å². The highest BCUT2D eigenvalue weighted by atomic mass is 79.9. The maximum atomic E-state index is 14.2. The first-order valence-corrected chi connectivity index (χ1v) is 9.92. The number of nitrogens with zero attached hydrogens (tertiary/aromatic N) is 2. The van der Waals surface area contributed by atoms with Crippen molar-refractivity contribution in [3.63, 3.8) is 0 Å². The van der Waals surface area contributed by atoms with E-state index in [9.17, 15) is 27.3 Å². The van der Waals surface area contributed by atoms with Crippen LogP contribution in [0, 0.1) is 15.9 Å². The lowest BCUT2D eigenvalue weighted by atomic mass is 10.1. The van der Waals surface area contributed by atoms with Crippen LogP contribution in [0.3, 0.4) is 0 Å². The second-order valence-electron chi connectivity index (χ2n) is 5.53. The van der Waals surface area contributed by atoms with Gasteiger partial charge in [-0.3, -0.25) is 10.1 Å². The summed E-state index contributed by atoms with van der Waals surface area (Å²) in [6, 6.07) is 7.99. The summed E-state index contributed by atoms with van der Waals surface area (Å²) in [7, 11) is -4.43. The Morgan fingerprint density at radius 3 is 2.52 bits per heavy atom. The van der Waals surface area contributed by atoms with Gasteiger partial charge in [0.2, 0.25) is 10.0 Å². The van der Waals surface area contributed by atoms with E-state index < -0.39 is 57.2 Å². The van der Waals surface area contributed by atoms with Crippen LogP contribution in [0.25, 0.3) is 0 Å². The van der Waals surface area contributed by atoms with Crippen molar-refractivity contribution < 1.29 is 22.1 Å². The molecule has 11 heteroatoms. The third-order valence-electron chi connectivity index (χ3n) is 3.79. The molecule has 0 heterocycles. The highest BCUT2D eigenvalue weighted by Gasteiger charge is 2.32. The van der Waals surface area contributed by atoms with Gasteiger partial charge in [0.15, 0.2) is 4.90 Å². The quantitative estimate of drug-likeness (QED) is 0.477. The van der Waals surface area contributed by atoms with Crippen molar-refractivity contribution in [2.45, 2.75) is 10.9 Å². The largest absolute Gasteiger partial charge is 0.323 e. The third kappa shape index (κ3) is 4.67. The van der Waals surface area contributed by atoms with Crippen molar-refractivity contribution in [2.24, 2.45) is 5.73 Å². The average Bonchev–Trinajstić information content (AvgIpc) is 2.63. The molecule has 0 amide bonds. The molecule has 2 aromatic carbocycles. The Labute approximate surface area is 163 Å². The molecule has 0 saturated carbocycles. The smallest absolute Gasteiger partial charge is 0.289 e. The molecule has 0 bridgehead atoms. The molecule has 0 aliphatic rings. The number of nitro benzene ring substituents is 1. The Hall–Kier alpha value is -1.95. The normalized spacial score (nSPS) is 12.9. The summed E-state index contributed by atoms with van der Waals surface area (Å²) in [5.41, 5.74) is 5.34. The van der Waals surface area contributed by atoms with Gasteiger partial charge in [-0.25, -0.2) is 17.2 Å². The zero-order valence-corrected chi connectivity index (χ0v) is 16.3. The molecule has 7 nitrogen and oxygen atoms in total. The van der Waals surface area contributed by atoms with Crippen molar-refractivity contribution in [3.05, 3.63) is 68.4 Å². The third-order valence-corrected chi connectivity index (χ3v) is 6.32. The Balaban J connectivity index is 2.42. The fourth-order valence-electron chi connectivity index (χ4n) is 2.49. The molecular weight excluding hydrogens is 448 g/mol. The highest BCUT2D eigenvalue weighted by Crippen LogP contribution is 2.28. The van der Waals surface area contributed by atoms with Crippen LogP contribution in [0.2, 0.25) is 0 Å². The fraction of sp³-hybridized carbons (Fsp3) is 0.250. The Kier molecular flexibility index (Phi) is 6.98. The summed E-state index contributed by atoms with van der Waals surface area (Å²) in [5, 5.41) is 11.1. The second kappa shape index (κ2) is 8.83. The van der Waals surface area contributed by atoms with Gasteiger partial charge in [-0.05, 0) is 28.1 Å². The van der Waals surface area contributed by atoms with Gasteiger partial charge in [0.1, 0.15) is 12.5 Å². The molecular formula is C16H16BrF2N3O4S. The molecule has 0 aromatic heterocycles. The number of hydrogen-bond donors (Lipinski definition) is 1. The van der Waals surface area contributed by atoms with Crippen LogP contribution in [0.15, 0.2) is 51.8 Å². The molecule has 27 heavy (non-hydrogen) atoms. The van der Waals surface area contributed by atoms with Crippen molar-refractivity contribution in [1.29, 1.82) is 0 Å². The van der Waals surface area contributed by atoms with Crippen LogP contribution in [0.5, 0.6) is 0 Å². The second-order valence-corrected chi connectivity index (χ2v) is 8.29. The number of hydrogen-bond acceptors (Lipinski definition) is 5. The van der Waals surface area contributed by atoms with Crippen LogP contribution < -0.4 is 5.73 Å². The minimum atomic E-state index is -4.43. The summed E-state index contributed by atoms with van der Waals surface area (Å²) in [4.78, 5) is 9.73. The van der Waals surface area contributed by atoms with Gasteiger partial charge in [0, 0.05) is 30.8 Å². The first kappa shape index (κ1) is 21.4. The van der Waals surface area contributed by atoms with Gasteiger partial charge in [-0.1, -0.05) is 24.3 Å². The minimum Gasteiger partial charge on any atom is -0.323 e. The van der Waals surface area contributed by atoms with Gasteiger partial charge in [-0.15, -0.1) is 0 Å². The van der Waals surface area contributed by atoms with Gasteiger partial charge in [0.05, 0.1) is 9.40 Å². The van der Waals surface area contributed by atoms with Crippen LogP contribution in [0.4, 0.5) is 14.5 Å². The zero-order valence-electron chi connectivity index (χ0n) is 13.9. The maximum Gasteiger partial charge on any atom is 0.289 e. The van der Waals surface area contributed by atoms with Crippen LogP contribution in [0.1, 0.15) is 11.6 Å². The summed E-state index contributed by atoms with van der Waals surface area (Å²) in [5.74, 6) is -0.659. The molecule has 0 fully saturated rings. The van der Waals surface area contributed by atoms with Crippen molar-refractivity contribution >= 4 is 31.6 Å². The first-order valence-electron chi connectivity index (χ1n) is 7.69. The van der Waals surface area contributed by atoms with E-state index in [1.165, 1.54) is 30.3 Å². The number of para-hydroxylation sites is 1. The van der Waals surface area contributed by atoms with E-state index in [0.29, 0.717) is 4.31 Å². The molecule has 0 aliphatic carbocycles. The van der Waals surface area contributed by atoms with Crippen LogP contribution in [-0.2, 0) is 10.0 Å². The lowest BCUT2D eigenvalue weighted by Crippen LogP contribution is -2.39. The molecule has 2 rings (SSSR count). The zero-order chi connectivity index (χ0) is 20.2. The molecule has 1 atom stereocenters. The topological polar surface area (TPSA) is 107 Å². The number of rotatable bonds is 8. The number of halogens is 3. The number of nitrogens with two attached hydrogens (primary N) is 1. The van der Waals surface area contributed by atoms with Gasteiger partial charge < -0.3 is 5.73 Å². The van der Waals surface area contributed by atoms with Crippen LogP contribution >= 0.6 is 15.9 Å². The Bertz CT molecular complexity index is 943. The molecule has 146 valence electrons. The predicted molar refractivity (Wildman–Crippen MR) is 98.9 cm³/mol. The number of nitro groups is 1. The van der Waals surface area contributed by atoms with E-state index in [1.54, 1.807) is 0 Å².